The zero-order valence-electron chi connectivity index (χ0n) is 14.6. The Balaban J connectivity index is 1.34. The van der Waals surface area contributed by atoms with Gasteiger partial charge < -0.3 is 19.5 Å². The van der Waals surface area contributed by atoms with Crippen molar-refractivity contribution in [3.63, 3.8) is 0 Å². The third-order valence-electron chi connectivity index (χ3n) is 4.18. The van der Waals surface area contributed by atoms with Crippen LogP contribution >= 0.6 is 11.3 Å². The number of esters is 1. The van der Waals surface area contributed by atoms with Crippen LogP contribution in [-0.2, 0) is 16.1 Å². The first-order chi connectivity index (χ1) is 13.1. The van der Waals surface area contributed by atoms with E-state index in [1.165, 1.54) is 11.3 Å². The number of nitrogens with one attached hydrogen (secondary N) is 1. The molecule has 3 aromatic rings. The Morgan fingerprint density at radius 1 is 1.15 bits per heavy atom. The van der Waals surface area contributed by atoms with E-state index in [4.69, 9.17) is 14.2 Å². The molecule has 0 fully saturated rings. The lowest BCUT2D eigenvalue weighted by atomic mass is 10.2. The maximum Gasteiger partial charge on any atom is 0.349 e. The van der Waals surface area contributed by atoms with Crippen LogP contribution < -0.4 is 14.8 Å². The molecule has 1 aliphatic heterocycles. The van der Waals surface area contributed by atoms with Gasteiger partial charge in [0.05, 0.1) is 0 Å². The maximum atomic E-state index is 12.3. The molecule has 0 saturated carbocycles. The van der Waals surface area contributed by atoms with Crippen molar-refractivity contribution < 1.29 is 23.8 Å². The number of ether oxygens (including phenoxy) is 3. The number of benzene rings is 2. The molecule has 1 aromatic heterocycles. The molecule has 138 valence electrons. The van der Waals surface area contributed by atoms with E-state index in [1.807, 2.05) is 36.4 Å². The molecule has 2 heterocycles. The second-order valence-electron chi connectivity index (χ2n) is 6.10. The number of carbonyl (C=O) groups is 2. The summed E-state index contributed by atoms with van der Waals surface area (Å²) in [4.78, 5) is 25.0. The predicted octanol–water partition coefficient (Wildman–Crippen LogP) is 3.49. The van der Waals surface area contributed by atoms with Crippen molar-refractivity contribution >= 4 is 33.3 Å². The molecule has 0 bridgehead atoms. The van der Waals surface area contributed by atoms with Crippen molar-refractivity contribution in [2.24, 2.45) is 0 Å². The minimum atomic E-state index is -0.892. The van der Waals surface area contributed by atoms with Gasteiger partial charge in [0, 0.05) is 11.2 Å². The Hall–Kier alpha value is -3.06. The van der Waals surface area contributed by atoms with Crippen LogP contribution in [-0.4, -0.2) is 24.8 Å². The van der Waals surface area contributed by atoms with Crippen molar-refractivity contribution in [1.29, 1.82) is 0 Å². The number of hydrogen-bond donors (Lipinski definition) is 1. The Morgan fingerprint density at radius 2 is 1.96 bits per heavy atom. The van der Waals surface area contributed by atoms with Crippen LogP contribution in [0.2, 0.25) is 0 Å². The van der Waals surface area contributed by atoms with Crippen LogP contribution in [0.4, 0.5) is 0 Å². The zero-order valence-corrected chi connectivity index (χ0v) is 15.4. The average Bonchev–Trinajstić information content (AvgIpc) is 3.31. The summed E-state index contributed by atoms with van der Waals surface area (Å²) in [6, 6.07) is 14.9. The first kappa shape index (κ1) is 17.4. The Labute approximate surface area is 159 Å². The van der Waals surface area contributed by atoms with E-state index in [-0.39, 0.29) is 12.7 Å². The highest BCUT2D eigenvalue weighted by molar-refractivity contribution is 7.20. The number of fused-ring (bicyclic) bond motifs is 2. The Bertz CT molecular complexity index is 980. The third-order valence-corrected chi connectivity index (χ3v) is 5.28. The third kappa shape index (κ3) is 3.73. The van der Waals surface area contributed by atoms with E-state index < -0.39 is 12.1 Å². The van der Waals surface area contributed by atoms with Gasteiger partial charge in [-0.2, -0.15) is 0 Å². The average molecular weight is 383 g/mol. The van der Waals surface area contributed by atoms with Crippen molar-refractivity contribution in [1.82, 2.24) is 5.32 Å². The molecule has 1 amide bonds. The van der Waals surface area contributed by atoms with E-state index >= 15 is 0 Å². The lowest BCUT2D eigenvalue weighted by molar-refractivity contribution is -0.129. The quantitative estimate of drug-likeness (QED) is 0.683. The summed E-state index contributed by atoms with van der Waals surface area (Å²) in [7, 11) is 0. The normalized spacial score (nSPS) is 13.4. The molecular weight excluding hydrogens is 366 g/mol. The van der Waals surface area contributed by atoms with E-state index in [0.29, 0.717) is 22.9 Å². The van der Waals surface area contributed by atoms with Gasteiger partial charge in [-0.15, -0.1) is 11.3 Å². The van der Waals surface area contributed by atoms with Crippen molar-refractivity contribution in [3.8, 4) is 11.5 Å². The number of thiophene rings is 1. The first-order valence-corrected chi connectivity index (χ1v) is 9.27. The van der Waals surface area contributed by atoms with Crippen LogP contribution in [0.5, 0.6) is 11.5 Å². The molecule has 0 aliphatic carbocycles. The molecule has 1 atom stereocenters. The fraction of sp³-hybridized carbons (Fsp3) is 0.200. The topological polar surface area (TPSA) is 73.9 Å². The Kier molecular flexibility index (Phi) is 4.68. The number of rotatable bonds is 5. The lowest BCUT2D eigenvalue weighted by Crippen LogP contribution is -2.35. The van der Waals surface area contributed by atoms with Gasteiger partial charge in [-0.1, -0.05) is 24.3 Å². The Morgan fingerprint density at radius 3 is 2.81 bits per heavy atom. The van der Waals surface area contributed by atoms with E-state index in [9.17, 15) is 9.59 Å². The van der Waals surface area contributed by atoms with Crippen LogP contribution in [0, 0.1) is 0 Å². The van der Waals surface area contributed by atoms with Gasteiger partial charge in [0.15, 0.2) is 17.6 Å². The van der Waals surface area contributed by atoms with Crippen molar-refractivity contribution in [2.45, 2.75) is 19.6 Å². The van der Waals surface area contributed by atoms with E-state index in [2.05, 4.69) is 5.32 Å². The van der Waals surface area contributed by atoms with Gasteiger partial charge in [0.1, 0.15) is 4.88 Å². The molecular formula is C20H17NO5S. The summed E-state index contributed by atoms with van der Waals surface area (Å²) in [5.74, 6) is 0.491. The van der Waals surface area contributed by atoms with Crippen LogP contribution in [0.3, 0.4) is 0 Å². The van der Waals surface area contributed by atoms with Gasteiger partial charge >= 0.3 is 5.97 Å². The summed E-state index contributed by atoms with van der Waals surface area (Å²) in [5, 5.41) is 3.75. The summed E-state index contributed by atoms with van der Waals surface area (Å²) >= 11 is 1.35. The second-order valence-corrected chi connectivity index (χ2v) is 7.19. The van der Waals surface area contributed by atoms with Crippen LogP contribution in [0.25, 0.3) is 10.1 Å². The summed E-state index contributed by atoms with van der Waals surface area (Å²) in [5.41, 5.74) is 0.871. The SMILES string of the molecule is C[C@@H](OC(=O)c1cc2ccccc2s1)C(=O)NCc1ccc2c(c1)OCO2. The molecule has 2 aromatic carbocycles. The number of hydrogen-bond acceptors (Lipinski definition) is 6. The standard InChI is InChI=1S/C20H17NO5S/c1-12(26-20(23)18-9-14-4-2-3-5-17(14)27-18)19(22)21-10-13-6-7-15-16(8-13)25-11-24-15/h2-9,12H,10-11H2,1H3,(H,21,22)/t12-/m1/s1. The smallest absolute Gasteiger partial charge is 0.349 e. The highest BCUT2D eigenvalue weighted by atomic mass is 32.1. The monoisotopic (exact) mass is 383 g/mol. The molecule has 7 heteroatoms. The highest BCUT2D eigenvalue weighted by Gasteiger charge is 2.20. The lowest BCUT2D eigenvalue weighted by Gasteiger charge is -2.13. The maximum absolute atomic E-state index is 12.3. The molecule has 6 nitrogen and oxygen atoms in total. The first-order valence-electron chi connectivity index (χ1n) is 8.46. The molecule has 1 N–H and O–H groups in total. The molecule has 0 radical (unpaired) electrons. The molecule has 0 saturated heterocycles. The predicted molar refractivity (Wildman–Crippen MR) is 101 cm³/mol. The summed E-state index contributed by atoms with van der Waals surface area (Å²) < 4.78 is 16.9. The fourth-order valence-corrected chi connectivity index (χ4v) is 3.68. The largest absolute Gasteiger partial charge is 0.454 e. The van der Waals surface area contributed by atoms with Crippen molar-refractivity contribution in [3.05, 3.63) is 59.0 Å². The summed E-state index contributed by atoms with van der Waals surface area (Å²) in [6.07, 6.45) is -0.892. The van der Waals surface area contributed by atoms with E-state index in [0.717, 1.165) is 15.6 Å². The van der Waals surface area contributed by atoms with Gasteiger partial charge in [-0.05, 0) is 42.1 Å². The molecule has 4 rings (SSSR count). The molecule has 0 spiro atoms. The number of amides is 1. The fourth-order valence-electron chi connectivity index (χ4n) is 2.74. The summed E-state index contributed by atoms with van der Waals surface area (Å²) in [6.45, 7) is 2.07. The van der Waals surface area contributed by atoms with Crippen LogP contribution in [0.15, 0.2) is 48.5 Å². The molecule has 0 unspecified atom stereocenters. The zero-order chi connectivity index (χ0) is 18.8. The van der Waals surface area contributed by atoms with Gasteiger partial charge in [-0.25, -0.2) is 4.79 Å². The van der Waals surface area contributed by atoms with Gasteiger partial charge in [0.2, 0.25) is 6.79 Å². The van der Waals surface area contributed by atoms with Crippen LogP contribution in [0.1, 0.15) is 22.2 Å². The molecule has 27 heavy (non-hydrogen) atoms. The number of carbonyl (C=O) groups excluding carboxylic acids is 2. The minimum Gasteiger partial charge on any atom is -0.454 e. The highest BCUT2D eigenvalue weighted by Crippen LogP contribution is 2.32. The van der Waals surface area contributed by atoms with Gasteiger partial charge in [-0.3, -0.25) is 4.79 Å². The van der Waals surface area contributed by atoms with E-state index in [1.54, 1.807) is 19.1 Å². The van der Waals surface area contributed by atoms with Gasteiger partial charge in [0.25, 0.3) is 5.91 Å². The second kappa shape index (κ2) is 7.28. The van der Waals surface area contributed by atoms with Crippen molar-refractivity contribution in [2.75, 3.05) is 6.79 Å². The molecule has 1 aliphatic rings. The minimum absolute atomic E-state index is 0.204.